The number of benzene rings is 1. The minimum Gasteiger partial charge on any atom is -0.331 e. The summed E-state index contributed by atoms with van der Waals surface area (Å²) in [6, 6.07) is 11.7. The van der Waals surface area contributed by atoms with Gasteiger partial charge in [-0.2, -0.15) is 0 Å². The zero-order valence-electron chi connectivity index (χ0n) is 14.9. The highest BCUT2D eigenvalue weighted by Gasteiger charge is 2.45. The summed E-state index contributed by atoms with van der Waals surface area (Å²) in [5.74, 6) is 2.01. The molecule has 1 aliphatic heterocycles. The number of aromatic nitrogens is 2. The molecule has 2 fully saturated rings. The Morgan fingerprint density at radius 2 is 2.04 bits per heavy atom. The van der Waals surface area contributed by atoms with E-state index < -0.39 is 0 Å². The third-order valence-corrected chi connectivity index (χ3v) is 6.32. The van der Waals surface area contributed by atoms with Gasteiger partial charge < -0.3 is 15.2 Å². The smallest absolute Gasteiger partial charge is 0.108 e. The van der Waals surface area contributed by atoms with Crippen molar-refractivity contribution in [3.8, 4) is 0 Å². The van der Waals surface area contributed by atoms with Gasteiger partial charge in [0.15, 0.2) is 0 Å². The molecule has 4 nitrogen and oxygen atoms in total. The van der Waals surface area contributed by atoms with E-state index >= 15 is 0 Å². The summed E-state index contributed by atoms with van der Waals surface area (Å²) >= 11 is 0. The number of nitrogens with one attached hydrogen (secondary N) is 2. The maximum absolute atomic E-state index is 4.54. The Kier molecular flexibility index (Phi) is 3.90. The molecule has 2 heterocycles. The number of aryl methyl sites for hydroxylation is 1. The molecular formula is C21H28N4. The lowest BCUT2D eigenvalue weighted by molar-refractivity contribution is 0.417. The first-order chi connectivity index (χ1) is 12.3. The van der Waals surface area contributed by atoms with Crippen LogP contribution in [0.15, 0.2) is 36.5 Å². The highest BCUT2D eigenvalue weighted by atomic mass is 15.1. The molecule has 5 rings (SSSR count). The molecule has 1 aromatic carbocycles. The number of imidazole rings is 1. The van der Waals surface area contributed by atoms with Crippen LogP contribution in [0.5, 0.6) is 0 Å². The molecule has 0 amide bonds. The fourth-order valence-corrected chi connectivity index (χ4v) is 4.35. The van der Waals surface area contributed by atoms with Gasteiger partial charge in [-0.1, -0.05) is 30.3 Å². The van der Waals surface area contributed by atoms with Gasteiger partial charge in [-0.15, -0.1) is 0 Å². The van der Waals surface area contributed by atoms with Crippen molar-refractivity contribution < 1.29 is 0 Å². The Hall–Kier alpha value is -1.65. The molecule has 2 N–H and O–H groups in total. The van der Waals surface area contributed by atoms with Crippen LogP contribution >= 0.6 is 0 Å². The quantitative estimate of drug-likeness (QED) is 0.779. The van der Waals surface area contributed by atoms with Crippen molar-refractivity contribution in [1.82, 2.24) is 20.2 Å². The Labute approximate surface area is 150 Å². The van der Waals surface area contributed by atoms with Crippen LogP contribution in [0.3, 0.4) is 0 Å². The summed E-state index contributed by atoms with van der Waals surface area (Å²) in [4.78, 5) is 4.54. The van der Waals surface area contributed by atoms with E-state index in [1.54, 1.807) is 0 Å². The number of nitrogens with zero attached hydrogens (tertiary/aromatic N) is 2. The second kappa shape index (κ2) is 6.26. The van der Waals surface area contributed by atoms with Crippen molar-refractivity contribution in [2.24, 2.45) is 5.41 Å². The number of rotatable bonds is 8. The van der Waals surface area contributed by atoms with Crippen molar-refractivity contribution in [1.29, 1.82) is 0 Å². The van der Waals surface area contributed by atoms with Gasteiger partial charge in [0.25, 0.3) is 0 Å². The molecule has 0 saturated heterocycles. The van der Waals surface area contributed by atoms with Crippen molar-refractivity contribution in [2.75, 3.05) is 13.1 Å². The second-order valence-corrected chi connectivity index (χ2v) is 8.26. The molecule has 2 aliphatic carbocycles. The minimum absolute atomic E-state index is 0.498. The van der Waals surface area contributed by atoms with Crippen LogP contribution in [-0.2, 0) is 19.5 Å². The number of hydrogen-bond donors (Lipinski definition) is 2. The van der Waals surface area contributed by atoms with Crippen LogP contribution < -0.4 is 10.6 Å². The van der Waals surface area contributed by atoms with E-state index in [4.69, 9.17) is 0 Å². The van der Waals surface area contributed by atoms with E-state index in [0.717, 1.165) is 32.0 Å². The number of hydrogen-bond acceptors (Lipinski definition) is 3. The monoisotopic (exact) mass is 336 g/mol. The van der Waals surface area contributed by atoms with E-state index in [-0.39, 0.29) is 0 Å². The van der Waals surface area contributed by atoms with Crippen LogP contribution in [0.25, 0.3) is 0 Å². The molecule has 0 bridgehead atoms. The Morgan fingerprint density at radius 1 is 1.16 bits per heavy atom. The summed E-state index contributed by atoms with van der Waals surface area (Å²) in [6.07, 6.45) is 8.50. The molecule has 0 spiro atoms. The Bertz CT molecular complexity index is 732. The third kappa shape index (κ3) is 3.25. The lowest BCUT2D eigenvalue weighted by atomic mass is 10.1. The zero-order valence-corrected chi connectivity index (χ0v) is 14.9. The normalized spacial score (nSPS) is 25.8. The maximum Gasteiger partial charge on any atom is 0.108 e. The summed E-state index contributed by atoms with van der Waals surface area (Å²) in [6.45, 7) is 4.41. The lowest BCUT2D eigenvalue weighted by Crippen LogP contribution is -2.34. The van der Waals surface area contributed by atoms with Gasteiger partial charge in [-0.05, 0) is 36.7 Å². The van der Waals surface area contributed by atoms with Crippen molar-refractivity contribution in [3.63, 3.8) is 0 Å². The number of fused-ring (bicyclic) bond motifs is 1. The fourth-order valence-electron chi connectivity index (χ4n) is 4.35. The van der Waals surface area contributed by atoms with E-state index in [1.807, 2.05) is 0 Å². The molecule has 0 unspecified atom stereocenters. The SMILES string of the molecule is c1ccc([C@H]2C[C@@H]2NCC2(CNCc3cnc4n3CCC4)CC2)cc1. The van der Waals surface area contributed by atoms with Crippen LogP contribution in [0.1, 0.15) is 48.7 Å². The van der Waals surface area contributed by atoms with Gasteiger partial charge in [-0.25, -0.2) is 4.98 Å². The Morgan fingerprint density at radius 3 is 2.88 bits per heavy atom. The van der Waals surface area contributed by atoms with E-state index in [0.29, 0.717) is 11.5 Å². The molecule has 1 aromatic heterocycles. The van der Waals surface area contributed by atoms with E-state index in [9.17, 15) is 0 Å². The minimum atomic E-state index is 0.498. The van der Waals surface area contributed by atoms with Crippen molar-refractivity contribution >= 4 is 0 Å². The lowest BCUT2D eigenvalue weighted by Gasteiger charge is -2.17. The molecule has 2 atom stereocenters. The van der Waals surface area contributed by atoms with Gasteiger partial charge in [0.05, 0.1) is 5.69 Å². The first-order valence-electron chi connectivity index (χ1n) is 9.85. The standard InChI is InChI=1S/C21H28N4/c1-2-5-16(6-3-1)18-11-19(18)24-15-21(8-9-21)14-22-12-17-13-23-20-7-4-10-25(17)20/h1-3,5-6,13,18-19,22,24H,4,7-12,14-15H2/t18-,19+/m1/s1. The van der Waals surface area contributed by atoms with Gasteiger partial charge in [0, 0.05) is 50.8 Å². The van der Waals surface area contributed by atoms with Crippen LogP contribution in [0.4, 0.5) is 0 Å². The summed E-state index contributed by atoms with van der Waals surface area (Å²) in [5.41, 5.74) is 3.36. The fraction of sp³-hybridized carbons (Fsp3) is 0.571. The van der Waals surface area contributed by atoms with Crippen LogP contribution in [0, 0.1) is 5.41 Å². The second-order valence-electron chi connectivity index (χ2n) is 8.26. The van der Waals surface area contributed by atoms with Gasteiger partial charge in [0.1, 0.15) is 5.82 Å². The zero-order chi connectivity index (χ0) is 16.7. The topological polar surface area (TPSA) is 41.9 Å². The molecule has 25 heavy (non-hydrogen) atoms. The molecule has 2 saturated carbocycles. The molecule has 2 aromatic rings. The van der Waals surface area contributed by atoms with E-state index in [2.05, 4.69) is 56.7 Å². The molecular weight excluding hydrogens is 308 g/mol. The van der Waals surface area contributed by atoms with E-state index in [1.165, 1.54) is 49.3 Å². The van der Waals surface area contributed by atoms with Crippen LogP contribution in [-0.4, -0.2) is 28.7 Å². The molecule has 132 valence electrons. The third-order valence-electron chi connectivity index (χ3n) is 6.32. The first kappa shape index (κ1) is 15.6. The summed E-state index contributed by atoms with van der Waals surface area (Å²) < 4.78 is 2.40. The Balaban J connectivity index is 1.08. The largest absolute Gasteiger partial charge is 0.331 e. The average Bonchev–Trinajstić information content (AvgIpc) is 3.50. The van der Waals surface area contributed by atoms with Crippen molar-refractivity contribution in [2.45, 2.75) is 57.2 Å². The summed E-state index contributed by atoms with van der Waals surface area (Å²) in [7, 11) is 0. The van der Waals surface area contributed by atoms with Crippen molar-refractivity contribution in [3.05, 3.63) is 53.6 Å². The molecule has 3 aliphatic rings. The predicted molar refractivity (Wildman–Crippen MR) is 99.5 cm³/mol. The molecule has 4 heteroatoms. The molecule has 0 radical (unpaired) electrons. The summed E-state index contributed by atoms with van der Waals surface area (Å²) in [5, 5.41) is 7.54. The highest BCUT2D eigenvalue weighted by Crippen LogP contribution is 2.46. The van der Waals surface area contributed by atoms with Gasteiger partial charge in [0.2, 0.25) is 0 Å². The highest BCUT2D eigenvalue weighted by molar-refractivity contribution is 5.27. The van der Waals surface area contributed by atoms with Gasteiger partial charge >= 0.3 is 0 Å². The average molecular weight is 336 g/mol. The maximum atomic E-state index is 4.54. The predicted octanol–water partition coefficient (Wildman–Crippen LogP) is 2.84. The van der Waals surface area contributed by atoms with Crippen LogP contribution in [0.2, 0.25) is 0 Å². The van der Waals surface area contributed by atoms with Gasteiger partial charge in [-0.3, -0.25) is 0 Å². The first-order valence-corrected chi connectivity index (χ1v) is 9.85.